The largest absolute Gasteiger partial charge is 0.396 e. The number of aliphatic hydroxyl groups excluding tert-OH is 1. The van der Waals surface area contributed by atoms with Gasteiger partial charge in [0.2, 0.25) is 0 Å². The third-order valence-corrected chi connectivity index (χ3v) is 2.96. The predicted octanol–water partition coefficient (Wildman–Crippen LogP) is 2.68. The maximum atomic E-state index is 8.85. The van der Waals surface area contributed by atoms with E-state index >= 15 is 0 Å². The summed E-state index contributed by atoms with van der Waals surface area (Å²) in [7, 11) is 0. The number of benzene rings is 1. The van der Waals surface area contributed by atoms with Crippen molar-refractivity contribution in [2.75, 3.05) is 6.61 Å². The van der Waals surface area contributed by atoms with Crippen LogP contribution in [0.2, 0.25) is 0 Å². The van der Waals surface area contributed by atoms with Crippen molar-refractivity contribution < 1.29 is 5.11 Å². The van der Waals surface area contributed by atoms with Crippen LogP contribution in [0.5, 0.6) is 0 Å². The van der Waals surface area contributed by atoms with E-state index in [1.165, 1.54) is 5.56 Å². The summed E-state index contributed by atoms with van der Waals surface area (Å²) in [6.07, 6.45) is 0.546. The summed E-state index contributed by atoms with van der Waals surface area (Å²) in [5, 5.41) is 8.85. The lowest BCUT2D eigenvalue weighted by Crippen LogP contribution is -1.92. The van der Waals surface area contributed by atoms with Crippen molar-refractivity contribution in [3.63, 3.8) is 0 Å². The summed E-state index contributed by atoms with van der Waals surface area (Å²) in [6.45, 7) is 2.16. The van der Waals surface area contributed by atoms with Gasteiger partial charge in [0.05, 0.1) is 6.61 Å². The van der Waals surface area contributed by atoms with Crippen molar-refractivity contribution >= 4 is 15.9 Å². The van der Waals surface area contributed by atoms with Crippen LogP contribution >= 0.6 is 15.9 Å². The molecule has 0 amide bonds. The van der Waals surface area contributed by atoms with Crippen LogP contribution in [0.1, 0.15) is 11.4 Å². The van der Waals surface area contributed by atoms with E-state index in [1.807, 2.05) is 12.1 Å². The second kappa shape index (κ2) is 4.80. The Morgan fingerprint density at radius 3 is 2.62 bits per heavy atom. The molecule has 1 aromatic heterocycles. The van der Waals surface area contributed by atoms with Crippen LogP contribution in [-0.4, -0.2) is 21.7 Å². The second-order valence-corrected chi connectivity index (χ2v) is 4.48. The van der Waals surface area contributed by atoms with Crippen LogP contribution in [0.4, 0.5) is 0 Å². The molecule has 0 aliphatic heterocycles. The quantitative estimate of drug-likeness (QED) is 0.908. The molecule has 2 N–H and O–H groups in total. The van der Waals surface area contributed by atoms with Crippen molar-refractivity contribution in [2.45, 2.75) is 13.3 Å². The van der Waals surface area contributed by atoms with Gasteiger partial charge in [-0.05, 0) is 22.9 Å². The molecule has 0 aliphatic rings. The molecule has 1 aromatic carbocycles. The molecule has 16 heavy (non-hydrogen) atoms. The number of nitrogens with one attached hydrogen (secondary N) is 1. The third kappa shape index (κ3) is 2.33. The second-order valence-electron chi connectivity index (χ2n) is 3.69. The van der Waals surface area contributed by atoms with Crippen LogP contribution in [0.25, 0.3) is 11.3 Å². The first-order valence-electron chi connectivity index (χ1n) is 5.13. The van der Waals surface area contributed by atoms with Gasteiger partial charge in [0, 0.05) is 12.0 Å². The predicted molar refractivity (Wildman–Crippen MR) is 67.3 cm³/mol. The number of imidazole rings is 1. The van der Waals surface area contributed by atoms with E-state index in [0.717, 1.165) is 21.7 Å². The first kappa shape index (κ1) is 11.4. The normalized spacial score (nSPS) is 10.7. The van der Waals surface area contributed by atoms with Crippen LogP contribution in [0.3, 0.4) is 0 Å². The highest BCUT2D eigenvalue weighted by molar-refractivity contribution is 9.10. The average Bonchev–Trinajstić information content (AvgIpc) is 2.61. The van der Waals surface area contributed by atoms with E-state index in [4.69, 9.17) is 5.11 Å². The molecule has 0 aliphatic carbocycles. The first-order valence-corrected chi connectivity index (χ1v) is 5.92. The Morgan fingerprint density at radius 1 is 1.31 bits per heavy atom. The van der Waals surface area contributed by atoms with Crippen LogP contribution in [0, 0.1) is 6.92 Å². The molecule has 2 rings (SSSR count). The minimum Gasteiger partial charge on any atom is -0.396 e. The van der Waals surface area contributed by atoms with E-state index in [-0.39, 0.29) is 6.61 Å². The molecular weight excluding hydrogens is 268 g/mol. The fourth-order valence-electron chi connectivity index (χ4n) is 1.52. The SMILES string of the molecule is Cc1ccc(-c2nc(CCO)[nH]c2Br)cc1. The monoisotopic (exact) mass is 280 g/mol. The Bertz CT molecular complexity index is 476. The number of rotatable bonds is 3. The van der Waals surface area contributed by atoms with E-state index in [0.29, 0.717) is 6.42 Å². The summed E-state index contributed by atoms with van der Waals surface area (Å²) in [5.74, 6) is 0.796. The molecule has 2 aromatic rings. The van der Waals surface area contributed by atoms with Gasteiger partial charge in [0.25, 0.3) is 0 Å². The standard InChI is InChI=1S/C12H13BrN2O/c1-8-2-4-9(5-3-8)11-12(13)15-10(14-11)6-7-16/h2-5,16H,6-7H2,1H3,(H,14,15). The third-order valence-electron chi connectivity index (χ3n) is 2.38. The molecule has 84 valence electrons. The highest BCUT2D eigenvalue weighted by atomic mass is 79.9. The number of nitrogens with zero attached hydrogens (tertiary/aromatic N) is 1. The van der Waals surface area contributed by atoms with Gasteiger partial charge in [-0.2, -0.15) is 0 Å². The minimum absolute atomic E-state index is 0.104. The average molecular weight is 281 g/mol. The van der Waals surface area contributed by atoms with Gasteiger partial charge in [-0.15, -0.1) is 0 Å². The highest BCUT2D eigenvalue weighted by Crippen LogP contribution is 2.26. The molecule has 0 bridgehead atoms. The minimum atomic E-state index is 0.104. The van der Waals surface area contributed by atoms with Crippen molar-refractivity contribution in [3.8, 4) is 11.3 Å². The number of hydrogen-bond acceptors (Lipinski definition) is 2. The van der Waals surface area contributed by atoms with E-state index < -0.39 is 0 Å². The van der Waals surface area contributed by atoms with Crippen molar-refractivity contribution in [1.29, 1.82) is 0 Å². The summed E-state index contributed by atoms with van der Waals surface area (Å²) in [5.41, 5.74) is 3.19. The van der Waals surface area contributed by atoms with Gasteiger partial charge < -0.3 is 10.1 Å². The number of H-pyrrole nitrogens is 1. The summed E-state index contributed by atoms with van der Waals surface area (Å²) >= 11 is 3.44. The van der Waals surface area contributed by atoms with Crippen LogP contribution in [0.15, 0.2) is 28.9 Å². The van der Waals surface area contributed by atoms with Gasteiger partial charge in [-0.1, -0.05) is 29.8 Å². The maximum Gasteiger partial charge on any atom is 0.110 e. The fourth-order valence-corrected chi connectivity index (χ4v) is 2.07. The number of halogens is 1. The van der Waals surface area contributed by atoms with Gasteiger partial charge in [0.1, 0.15) is 16.1 Å². The molecule has 0 unspecified atom stereocenters. The fraction of sp³-hybridized carbons (Fsp3) is 0.250. The van der Waals surface area contributed by atoms with E-state index in [1.54, 1.807) is 0 Å². The topological polar surface area (TPSA) is 48.9 Å². The number of aliphatic hydroxyl groups is 1. The van der Waals surface area contributed by atoms with E-state index in [2.05, 4.69) is 45.0 Å². The first-order chi connectivity index (χ1) is 7.70. The summed E-state index contributed by atoms with van der Waals surface area (Å²) in [6, 6.07) is 8.20. The number of aromatic nitrogens is 2. The summed E-state index contributed by atoms with van der Waals surface area (Å²) < 4.78 is 0.861. The molecule has 0 fully saturated rings. The number of aromatic amines is 1. The van der Waals surface area contributed by atoms with Crippen molar-refractivity contribution in [2.24, 2.45) is 0 Å². The molecular formula is C12H13BrN2O. The number of aryl methyl sites for hydroxylation is 1. The lowest BCUT2D eigenvalue weighted by molar-refractivity contribution is 0.297. The Balaban J connectivity index is 2.36. The summed E-state index contributed by atoms with van der Waals surface area (Å²) in [4.78, 5) is 7.54. The smallest absolute Gasteiger partial charge is 0.110 e. The lowest BCUT2D eigenvalue weighted by Gasteiger charge is -1.98. The zero-order chi connectivity index (χ0) is 11.5. The zero-order valence-corrected chi connectivity index (χ0v) is 10.6. The molecule has 0 spiro atoms. The van der Waals surface area contributed by atoms with E-state index in [9.17, 15) is 0 Å². The lowest BCUT2D eigenvalue weighted by atomic mass is 10.1. The Hall–Kier alpha value is -1.13. The molecule has 1 heterocycles. The van der Waals surface area contributed by atoms with Crippen LogP contribution in [-0.2, 0) is 6.42 Å². The van der Waals surface area contributed by atoms with Gasteiger partial charge >= 0.3 is 0 Å². The number of hydrogen-bond donors (Lipinski definition) is 2. The Labute approximate surface area is 103 Å². The maximum absolute atomic E-state index is 8.85. The van der Waals surface area contributed by atoms with Gasteiger partial charge in [0.15, 0.2) is 0 Å². The van der Waals surface area contributed by atoms with Crippen molar-refractivity contribution in [1.82, 2.24) is 9.97 Å². The Kier molecular flexibility index (Phi) is 3.41. The van der Waals surface area contributed by atoms with Crippen LogP contribution < -0.4 is 0 Å². The molecule has 3 nitrogen and oxygen atoms in total. The van der Waals surface area contributed by atoms with Gasteiger partial charge in [-0.25, -0.2) is 4.98 Å². The van der Waals surface area contributed by atoms with Gasteiger partial charge in [-0.3, -0.25) is 0 Å². The van der Waals surface area contributed by atoms with Crippen molar-refractivity contribution in [3.05, 3.63) is 40.3 Å². The molecule has 0 saturated carbocycles. The molecule has 0 saturated heterocycles. The Morgan fingerprint density at radius 2 is 2.00 bits per heavy atom. The zero-order valence-electron chi connectivity index (χ0n) is 9.00. The molecule has 0 atom stereocenters. The molecule has 4 heteroatoms. The highest BCUT2D eigenvalue weighted by Gasteiger charge is 2.09. The molecule has 0 radical (unpaired) electrons.